The molecule has 8 heteroatoms. The van der Waals surface area contributed by atoms with Crippen LogP contribution < -0.4 is 15.4 Å². The van der Waals surface area contributed by atoms with Crippen molar-refractivity contribution in [2.24, 2.45) is 5.92 Å². The van der Waals surface area contributed by atoms with Crippen LogP contribution in [0.4, 0.5) is 11.6 Å². The van der Waals surface area contributed by atoms with E-state index in [1.54, 1.807) is 24.2 Å². The molecule has 4 rings (SSSR count). The lowest BCUT2D eigenvalue weighted by molar-refractivity contribution is -0.121. The summed E-state index contributed by atoms with van der Waals surface area (Å²) in [7, 11) is 1.58. The van der Waals surface area contributed by atoms with E-state index in [9.17, 15) is 4.79 Å². The van der Waals surface area contributed by atoms with Crippen molar-refractivity contribution in [3.05, 3.63) is 60.7 Å². The first kappa shape index (κ1) is 17.0. The number of pyridine rings is 1. The topological polar surface area (TPSA) is 94.0 Å². The lowest BCUT2D eigenvalue weighted by Gasteiger charge is -2.36. The fourth-order valence-corrected chi connectivity index (χ4v) is 3.51. The van der Waals surface area contributed by atoms with Crippen LogP contribution in [0.1, 0.15) is 18.5 Å². The Labute approximate surface area is 156 Å². The normalized spacial score (nSPS) is 21.0. The van der Waals surface area contributed by atoms with Gasteiger partial charge < -0.3 is 15.4 Å². The second-order valence-corrected chi connectivity index (χ2v) is 6.41. The number of benzene rings is 1. The van der Waals surface area contributed by atoms with Crippen molar-refractivity contribution in [3.63, 3.8) is 0 Å². The number of nitrogens with one attached hydrogen (secondary N) is 2. The zero-order valence-electron chi connectivity index (χ0n) is 15.0. The Morgan fingerprint density at radius 2 is 2.11 bits per heavy atom. The minimum atomic E-state index is -0.423. The summed E-state index contributed by atoms with van der Waals surface area (Å²) in [4.78, 5) is 21.7. The molecule has 0 saturated heterocycles. The van der Waals surface area contributed by atoms with Crippen molar-refractivity contribution in [2.45, 2.75) is 19.0 Å². The van der Waals surface area contributed by atoms with E-state index in [0.717, 1.165) is 5.56 Å². The number of ether oxygens (including phenoxy) is 1. The van der Waals surface area contributed by atoms with E-state index in [1.807, 2.05) is 43.3 Å². The smallest absolute Gasteiger partial charge is 0.232 e. The predicted octanol–water partition coefficient (Wildman–Crippen LogP) is 2.34. The van der Waals surface area contributed by atoms with Gasteiger partial charge in [-0.15, -0.1) is 0 Å². The zero-order chi connectivity index (χ0) is 18.8. The van der Waals surface area contributed by atoms with Crippen LogP contribution in [-0.2, 0) is 4.79 Å². The summed E-state index contributed by atoms with van der Waals surface area (Å²) >= 11 is 0. The molecule has 3 aromatic rings. The number of fused-ring (bicyclic) bond motifs is 1. The van der Waals surface area contributed by atoms with Crippen molar-refractivity contribution in [1.29, 1.82) is 0 Å². The van der Waals surface area contributed by atoms with Gasteiger partial charge in [0.15, 0.2) is 0 Å². The minimum absolute atomic E-state index is 0.130. The van der Waals surface area contributed by atoms with Gasteiger partial charge in [0.05, 0.1) is 24.8 Å². The second-order valence-electron chi connectivity index (χ2n) is 6.41. The minimum Gasteiger partial charge on any atom is -0.495 e. The SMILES string of the molecule is COc1ccccc1NC(=O)[C@H]1[C@H](C)Nc2ncnn2[C@H]1c1cccnc1. The number of rotatable bonds is 4. The number of hydrogen-bond acceptors (Lipinski definition) is 6. The summed E-state index contributed by atoms with van der Waals surface area (Å²) in [5.74, 6) is 0.696. The quantitative estimate of drug-likeness (QED) is 0.738. The maximum atomic E-state index is 13.3. The first-order valence-corrected chi connectivity index (χ1v) is 8.69. The van der Waals surface area contributed by atoms with Gasteiger partial charge in [0, 0.05) is 18.4 Å². The number of carbonyl (C=O) groups excluding carboxylic acids is 1. The number of amides is 1. The van der Waals surface area contributed by atoms with Crippen LogP contribution >= 0.6 is 0 Å². The molecule has 0 radical (unpaired) electrons. The standard InChI is InChI=1S/C19H20N6O2/c1-12-16(18(26)24-14-7-3-4-8-15(14)27-2)17(13-6-5-9-20-10-13)25-19(23-12)21-11-22-25/h3-12,16-17H,1-2H3,(H,24,26)(H,21,22,23)/t12-,16-,17-/m0/s1. The number of aromatic nitrogens is 4. The molecule has 1 amide bonds. The highest BCUT2D eigenvalue weighted by atomic mass is 16.5. The molecule has 138 valence electrons. The Kier molecular flexibility index (Phi) is 4.45. The molecule has 1 aliphatic heterocycles. The molecule has 1 aromatic carbocycles. The molecule has 0 bridgehead atoms. The van der Waals surface area contributed by atoms with Crippen molar-refractivity contribution in [2.75, 3.05) is 17.7 Å². The van der Waals surface area contributed by atoms with Gasteiger partial charge in [-0.3, -0.25) is 9.78 Å². The van der Waals surface area contributed by atoms with E-state index in [0.29, 0.717) is 17.4 Å². The Bertz CT molecular complexity index is 942. The molecule has 2 aromatic heterocycles. The largest absolute Gasteiger partial charge is 0.495 e. The van der Waals surface area contributed by atoms with Crippen molar-refractivity contribution >= 4 is 17.5 Å². The number of para-hydroxylation sites is 2. The Morgan fingerprint density at radius 3 is 2.89 bits per heavy atom. The fourth-order valence-electron chi connectivity index (χ4n) is 3.51. The highest BCUT2D eigenvalue weighted by Crippen LogP contribution is 2.36. The van der Waals surface area contributed by atoms with E-state index in [2.05, 4.69) is 25.7 Å². The van der Waals surface area contributed by atoms with Crippen LogP contribution in [0.25, 0.3) is 0 Å². The number of anilines is 2. The monoisotopic (exact) mass is 364 g/mol. The lowest BCUT2D eigenvalue weighted by Crippen LogP contribution is -2.46. The maximum Gasteiger partial charge on any atom is 0.232 e. The van der Waals surface area contributed by atoms with E-state index < -0.39 is 5.92 Å². The van der Waals surface area contributed by atoms with Crippen LogP contribution in [0, 0.1) is 5.92 Å². The van der Waals surface area contributed by atoms with Gasteiger partial charge >= 0.3 is 0 Å². The summed E-state index contributed by atoms with van der Waals surface area (Å²) in [6.07, 6.45) is 4.96. The Morgan fingerprint density at radius 1 is 1.26 bits per heavy atom. The van der Waals surface area contributed by atoms with Crippen LogP contribution in [0.15, 0.2) is 55.1 Å². The van der Waals surface area contributed by atoms with Crippen LogP contribution in [0.5, 0.6) is 5.75 Å². The van der Waals surface area contributed by atoms with E-state index >= 15 is 0 Å². The molecule has 3 atom stereocenters. The number of carbonyl (C=O) groups is 1. The third kappa shape index (κ3) is 3.10. The number of hydrogen-bond donors (Lipinski definition) is 2. The third-order valence-corrected chi connectivity index (χ3v) is 4.77. The first-order valence-electron chi connectivity index (χ1n) is 8.69. The maximum absolute atomic E-state index is 13.3. The second kappa shape index (κ2) is 7.06. The molecular formula is C19H20N6O2. The molecule has 3 heterocycles. The molecule has 2 N–H and O–H groups in total. The van der Waals surface area contributed by atoms with Gasteiger partial charge in [0.2, 0.25) is 11.9 Å². The molecule has 0 spiro atoms. The van der Waals surface area contributed by atoms with E-state index in [4.69, 9.17) is 4.74 Å². The van der Waals surface area contributed by atoms with Gasteiger partial charge in [-0.1, -0.05) is 18.2 Å². The zero-order valence-corrected chi connectivity index (χ0v) is 15.0. The van der Waals surface area contributed by atoms with E-state index in [1.165, 1.54) is 6.33 Å². The van der Waals surface area contributed by atoms with Crippen molar-refractivity contribution in [3.8, 4) is 5.75 Å². The molecular weight excluding hydrogens is 344 g/mol. The lowest BCUT2D eigenvalue weighted by atomic mass is 9.86. The van der Waals surface area contributed by atoms with Crippen molar-refractivity contribution in [1.82, 2.24) is 19.7 Å². The van der Waals surface area contributed by atoms with Gasteiger partial charge in [-0.25, -0.2) is 4.68 Å². The number of methoxy groups -OCH3 is 1. The van der Waals surface area contributed by atoms with Gasteiger partial charge in [0.25, 0.3) is 0 Å². The predicted molar refractivity (Wildman–Crippen MR) is 101 cm³/mol. The summed E-state index contributed by atoms with van der Waals surface area (Å²) < 4.78 is 7.09. The fraction of sp³-hybridized carbons (Fsp3) is 0.263. The average molecular weight is 364 g/mol. The van der Waals surface area contributed by atoms with Crippen LogP contribution in [0.3, 0.4) is 0 Å². The third-order valence-electron chi connectivity index (χ3n) is 4.77. The molecule has 0 aliphatic carbocycles. The van der Waals surface area contributed by atoms with E-state index in [-0.39, 0.29) is 18.0 Å². The van der Waals surface area contributed by atoms with Crippen LogP contribution in [-0.4, -0.2) is 38.8 Å². The highest BCUT2D eigenvalue weighted by molar-refractivity contribution is 5.95. The van der Waals surface area contributed by atoms with Gasteiger partial charge in [-0.05, 0) is 30.7 Å². The first-order chi connectivity index (χ1) is 13.2. The summed E-state index contributed by atoms with van der Waals surface area (Å²) in [6, 6.07) is 10.7. The average Bonchev–Trinajstić information content (AvgIpc) is 3.15. The molecule has 8 nitrogen and oxygen atoms in total. The van der Waals surface area contributed by atoms with Crippen molar-refractivity contribution < 1.29 is 9.53 Å². The van der Waals surface area contributed by atoms with Gasteiger partial charge in [0.1, 0.15) is 12.1 Å². The number of nitrogens with zero attached hydrogens (tertiary/aromatic N) is 4. The molecule has 1 aliphatic rings. The molecule has 0 unspecified atom stereocenters. The summed E-state index contributed by atoms with van der Waals surface area (Å²) in [5.41, 5.74) is 1.53. The molecule has 27 heavy (non-hydrogen) atoms. The molecule has 0 fully saturated rings. The summed E-state index contributed by atoms with van der Waals surface area (Å²) in [5, 5.41) is 10.6. The Balaban J connectivity index is 1.72. The van der Waals surface area contributed by atoms with Gasteiger partial charge in [-0.2, -0.15) is 10.1 Å². The highest BCUT2D eigenvalue weighted by Gasteiger charge is 2.41. The van der Waals surface area contributed by atoms with Crippen LogP contribution in [0.2, 0.25) is 0 Å². The molecule has 0 saturated carbocycles. The summed E-state index contributed by atoms with van der Waals surface area (Å²) in [6.45, 7) is 1.97. The Hall–Kier alpha value is -3.42.